The third-order valence-electron chi connectivity index (χ3n) is 7.48. The summed E-state index contributed by atoms with van der Waals surface area (Å²) in [5, 5.41) is 13.8. The van der Waals surface area contributed by atoms with Crippen molar-refractivity contribution in [2.24, 2.45) is 5.92 Å². The molecule has 0 saturated carbocycles. The standard InChI is InChI=1S/C29H28ClF2N5O5/c1-15-4-3-5-23(37-11-10-24(42-29(37)40)25-20(31)9-8-19(30)26(25)32)22-12-16(14-33-36-22)18-7-6-17(34-28(39)41-2)13-21(18)35-27(15)38/h6-9,12-15,23-24H,3-5,10-11H2,1-2H3,(H,34,39)(H,35,38)/t15?,23-,24?/m0/s1. The number of anilines is 2. The number of carbonyl (C=O) groups is 3. The number of aromatic nitrogens is 2. The fraction of sp³-hybridized carbons (Fsp3) is 0.345. The average molecular weight is 600 g/mol. The highest BCUT2D eigenvalue weighted by atomic mass is 35.5. The molecule has 3 atom stereocenters. The topological polar surface area (TPSA) is 123 Å². The van der Waals surface area contributed by atoms with Gasteiger partial charge in [0.1, 0.15) is 11.9 Å². The van der Waals surface area contributed by atoms with Gasteiger partial charge in [0.25, 0.3) is 0 Å². The lowest BCUT2D eigenvalue weighted by molar-refractivity contribution is -0.119. The summed E-state index contributed by atoms with van der Waals surface area (Å²) in [5.41, 5.74) is 2.21. The number of benzene rings is 2. The molecule has 2 unspecified atom stereocenters. The Labute approximate surface area is 245 Å². The van der Waals surface area contributed by atoms with Crippen LogP contribution in [0.2, 0.25) is 5.02 Å². The fourth-order valence-electron chi connectivity index (χ4n) is 5.23. The van der Waals surface area contributed by atoms with E-state index in [1.54, 1.807) is 31.2 Å². The number of halogens is 3. The number of amides is 3. The van der Waals surface area contributed by atoms with Gasteiger partial charge >= 0.3 is 12.2 Å². The Kier molecular flexibility index (Phi) is 8.53. The first-order valence-corrected chi connectivity index (χ1v) is 13.8. The number of nitrogens with one attached hydrogen (secondary N) is 2. The largest absolute Gasteiger partial charge is 0.453 e. The van der Waals surface area contributed by atoms with E-state index in [1.807, 2.05) is 0 Å². The second kappa shape index (κ2) is 12.3. The van der Waals surface area contributed by atoms with E-state index in [1.165, 1.54) is 18.2 Å². The monoisotopic (exact) mass is 599 g/mol. The normalized spacial score (nSPS) is 20.8. The zero-order valence-electron chi connectivity index (χ0n) is 22.8. The van der Waals surface area contributed by atoms with E-state index < -0.39 is 36.0 Å². The van der Waals surface area contributed by atoms with Crippen molar-refractivity contribution in [2.75, 3.05) is 24.3 Å². The van der Waals surface area contributed by atoms with Gasteiger partial charge in [-0.2, -0.15) is 10.2 Å². The lowest BCUT2D eigenvalue weighted by Crippen LogP contribution is -2.42. The van der Waals surface area contributed by atoms with Gasteiger partial charge in [-0.25, -0.2) is 18.4 Å². The number of rotatable bonds is 3. The van der Waals surface area contributed by atoms with Crippen molar-refractivity contribution >= 4 is 41.1 Å². The first kappa shape index (κ1) is 29.2. The summed E-state index contributed by atoms with van der Waals surface area (Å²) in [7, 11) is 1.25. The van der Waals surface area contributed by atoms with Crippen LogP contribution in [0.4, 0.5) is 29.7 Å². The molecule has 10 nitrogen and oxygen atoms in total. The molecular formula is C29H28ClF2N5O5. The Morgan fingerprint density at radius 3 is 2.74 bits per heavy atom. The summed E-state index contributed by atoms with van der Waals surface area (Å²) in [4.78, 5) is 39.6. The molecule has 5 rings (SSSR count). The highest BCUT2D eigenvalue weighted by Gasteiger charge is 2.37. The van der Waals surface area contributed by atoms with Crippen LogP contribution < -0.4 is 10.6 Å². The van der Waals surface area contributed by atoms with E-state index >= 15 is 0 Å². The van der Waals surface area contributed by atoms with Crippen molar-refractivity contribution in [2.45, 2.75) is 44.8 Å². The van der Waals surface area contributed by atoms with Crippen molar-refractivity contribution in [3.8, 4) is 11.1 Å². The van der Waals surface area contributed by atoms with Crippen LogP contribution in [0.5, 0.6) is 0 Å². The van der Waals surface area contributed by atoms with Crippen LogP contribution in [0.1, 0.15) is 56.0 Å². The Hall–Kier alpha value is -4.32. The molecule has 0 aliphatic carbocycles. The Bertz CT molecular complexity index is 1540. The smallest absolute Gasteiger partial charge is 0.411 e. The molecule has 1 saturated heterocycles. The van der Waals surface area contributed by atoms with Crippen LogP contribution in [-0.2, 0) is 14.3 Å². The summed E-state index contributed by atoms with van der Waals surface area (Å²) in [5.74, 6) is -2.38. The Morgan fingerprint density at radius 1 is 1.17 bits per heavy atom. The van der Waals surface area contributed by atoms with Gasteiger partial charge < -0.3 is 14.8 Å². The van der Waals surface area contributed by atoms with Crippen LogP contribution in [0.25, 0.3) is 11.1 Å². The van der Waals surface area contributed by atoms with Crippen LogP contribution in [-0.4, -0.2) is 46.8 Å². The molecule has 1 aromatic heterocycles. The van der Waals surface area contributed by atoms with Gasteiger partial charge in [-0.3, -0.25) is 15.0 Å². The number of cyclic esters (lactones) is 1. The van der Waals surface area contributed by atoms with E-state index in [2.05, 4.69) is 25.6 Å². The third-order valence-corrected chi connectivity index (χ3v) is 7.78. The van der Waals surface area contributed by atoms with E-state index in [9.17, 15) is 23.2 Å². The maximum atomic E-state index is 14.7. The van der Waals surface area contributed by atoms with Gasteiger partial charge in [-0.1, -0.05) is 31.0 Å². The minimum atomic E-state index is -1.14. The fourth-order valence-corrected chi connectivity index (χ4v) is 5.39. The summed E-state index contributed by atoms with van der Waals surface area (Å²) in [6.45, 7) is 1.94. The Morgan fingerprint density at radius 2 is 1.98 bits per heavy atom. The molecule has 3 aromatic rings. The van der Waals surface area contributed by atoms with Gasteiger partial charge in [0, 0.05) is 35.7 Å². The number of hydrogen-bond acceptors (Lipinski definition) is 7. The van der Waals surface area contributed by atoms with Gasteiger partial charge in [0.05, 0.1) is 41.3 Å². The lowest BCUT2D eigenvalue weighted by atomic mass is 9.94. The molecule has 0 radical (unpaired) electrons. The van der Waals surface area contributed by atoms with Crippen LogP contribution >= 0.6 is 11.6 Å². The van der Waals surface area contributed by atoms with Gasteiger partial charge in [0.15, 0.2) is 5.82 Å². The predicted octanol–water partition coefficient (Wildman–Crippen LogP) is 6.64. The highest BCUT2D eigenvalue weighted by molar-refractivity contribution is 6.30. The molecular weight excluding hydrogens is 572 g/mol. The molecule has 2 N–H and O–H groups in total. The second-order valence-corrected chi connectivity index (χ2v) is 10.6. The van der Waals surface area contributed by atoms with Crippen molar-refractivity contribution in [3.05, 3.63) is 70.5 Å². The molecule has 13 heteroatoms. The quantitative estimate of drug-likeness (QED) is 0.324. The maximum Gasteiger partial charge on any atom is 0.411 e. The van der Waals surface area contributed by atoms with Gasteiger partial charge in [0.2, 0.25) is 5.91 Å². The van der Waals surface area contributed by atoms with Gasteiger partial charge in [-0.15, -0.1) is 0 Å². The number of hydrogen-bond donors (Lipinski definition) is 2. The molecule has 1 fully saturated rings. The third kappa shape index (κ3) is 5.98. The zero-order chi connectivity index (χ0) is 30.0. The van der Waals surface area contributed by atoms with Crippen molar-refractivity contribution < 1.29 is 32.6 Å². The second-order valence-electron chi connectivity index (χ2n) is 10.2. The van der Waals surface area contributed by atoms with Crippen LogP contribution in [0.3, 0.4) is 0 Å². The van der Waals surface area contributed by atoms with E-state index in [4.69, 9.17) is 16.3 Å². The first-order chi connectivity index (χ1) is 20.2. The highest BCUT2D eigenvalue weighted by Crippen LogP contribution is 2.39. The number of nitrogens with zero attached hydrogens (tertiary/aromatic N) is 3. The van der Waals surface area contributed by atoms with Crippen molar-refractivity contribution in [3.63, 3.8) is 0 Å². The molecule has 220 valence electrons. The summed E-state index contributed by atoms with van der Waals surface area (Å²) >= 11 is 5.85. The molecule has 3 heterocycles. The number of fused-ring (bicyclic) bond motifs is 4. The lowest BCUT2D eigenvalue weighted by Gasteiger charge is -2.37. The zero-order valence-corrected chi connectivity index (χ0v) is 23.6. The van der Waals surface area contributed by atoms with E-state index in [0.29, 0.717) is 47.5 Å². The van der Waals surface area contributed by atoms with Crippen molar-refractivity contribution in [1.29, 1.82) is 0 Å². The SMILES string of the molecule is COC(=O)Nc1ccc2c(c1)NC(=O)C(C)CCC[C@H](N1CCC(c3c(F)ccc(Cl)c3F)OC1=O)c1cc-2cnn1. The van der Waals surface area contributed by atoms with Crippen LogP contribution in [0.15, 0.2) is 42.6 Å². The van der Waals surface area contributed by atoms with Gasteiger partial charge in [-0.05, 0) is 43.2 Å². The molecule has 2 aliphatic rings. The van der Waals surface area contributed by atoms with E-state index in [0.717, 1.165) is 12.1 Å². The summed E-state index contributed by atoms with van der Waals surface area (Å²) < 4.78 is 39.4. The molecule has 0 spiro atoms. The summed E-state index contributed by atoms with van der Waals surface area (Å²) in [6, 6.07) is 8.36. The van der Waals surface area contributed by atoms with Crippen molar-refractivity contribution in [1.82, 2.24) is 15.1 Å². The average Bonchev–Trinajstić information content (AvgIpc) is 2.97. The minimum Gasteiger partial charge on any atom is -0.453 e. The molecule has 3 amide bonds. The molecule has 42 heavy (non-hydrogen) atoms. The predicted molar refractivity (Wildman–Crippen MR) is 150 cm³/mol. The minimum absolute atomic E-state index is 0.126. The number of carbonyl (C=O) groups excluding carboxylic acids is 3. The molecule has 2 bridgehead atoms. The number of ether oxygens (including phenoxy) is 2. The molecule has 2 aromatic carbocycles. The Balaban J connectivity index is 1.48. The summed E-state index contributed by atoms with van der Waals surface area (Å²) in [6.07, 6.45) is 0.630. The van der Waals surface area contributed by atoms with E-state index in [-0.39, 0.29) is 35.4 Å². The molecule has 2 aliphatic heterocycles. The first-order valence-electron chi connectivity index (χ1n) is 13.4. The maximum absolute atomic E-state index is 14.7. The van der Waals surface area contributed by atoms with Crippen LogP contribution in [0, 0.1) is 17.6 Å². The number of methoxy groups -OCH3 is 1.